The van der Waals surface area contributed by atoms with Crippen LogP contribution in [0.25, 0.3) is 0 Å². The third-order valence-electron chi connectivity index (χ3n) is 6.63. The van der Waals surface area contributed by atoms with E-state index in [1.165, 1.54) is 0 Å². The van der Waals surface area contributed by atoms with Crippen LogP contribution in [0, 0.1) is 5.92 Å². The highest BCUT2D eigenvalue weighted by Gasteiger charge is 2.32. The predicted octanol–water partition coefficient (Wildman–Crippen LogP) is -1.95. The van der Waals surface area contributed by atoms with Gasteiger partial charge in [-0.1, -0.05) is 44.2 Å². The lowest BCUT2D eigenvalue weighted by Gasteiger charge is -2.26. The summed E-state index contributed by atoms with van der Waals surface area (Å²) >= 11 is 0. The number of carboxylic acids is 1. The highest BCUT2D eigenvalue weighted by Crippen LogP contribution is 2.07. The quantitative estimate of drug-likeness (QED) is 0.0483. The van der Waals surface area contributed by atoms with Gasteiger partial charge >= 0.3 is 12.1 Å². The van der Waals surface area contributed by atoms with Gasteiger partial charge in [0.2, 0.25) is 23.6 Å². The maximum atomic E-state index is 13.2. The summed E-state index contributed by atoms with van der Waals surface area (Å²) in [4.78, 5) is 86.9. The molecule has 5 amide bonds. The molecule has 47 heavy (non-hydrogen) atoms. The number of ether oxygens (including phenoxy) is 1. The van der Waals surface area contributed by atoms with Crippen LogP contribution in [0.1, 0.15) is 51.5 Å². The maximum Gasteiger partial charge on any atom is 0.408 e. The first kappa shape index (κ1) is 40.4. The number of unbranched alkanes of at least 4 members (excludes halogenated alkanes) is 1. The number of hydrogen-bond donors (Lipinski definition) is 9. The fourth-order valence-electron chi connectivity index (χ4n) is 4.20. The Labute approximate surface area is 272 Å². The zero-order valence-electron chi connectivity index (χ0n) is 26.5. The molecule has 0 aliphatic rings. The zero-order chi connectivity index (χ0) is 35.4. The fourth-order valence-corrected chi connectivity index (χ4v) is 4.20. The number of alkyl carbamates (subject to hydrolysis) is 1. The minimum Gasteiger partial charge on any atom is -0.481 e. The van der Waals surface area contributed by atoms with E-state index in [0.29, 0.717) is 24.7 Å². The van der Waals surface area contributed by atoms with Gasteiger partial charge in [-0.2, -0.15) is 0 Å². The second-order valence-electron chi connectivity index (χ2n) is 11.1. The summed E-state index contributed by atoms with van der Waals surface area (Å²) in [6.45, 7) is 1.94. The van der Waals surface area contributed by atoms with Gasteiger partial charge in [0, 0.05) is 0 Å². The van der Waals surface area contributed by atoms with Gasteiger partial charge in [-0.3, -0.25) is 24.0 Å². The lowest BCUT2D eigenvalue weighted by Crippen LogP contribution is -2.60. The van der Waals surface area contributed by atoms with E-state index in [1.54, 1.807) is 30.3 Å². The molecule has 0 radical (unpaired) electrons. The van der Waals surface area contributed by atoms with Crippen LogP contribution in [0.5, 0.6) is 0 Å². The molecule has 0 saturated carbocycles. The highest BCUT2D eigenvalue weighted by molar-refractivity contribution is 5.96. The first-order valence-electron chi connectivity index (χ1n) is 15.1. The van der Waals surface area contributed by atoms with Gasteiger partial charge in [0.05, 0.1) is 25.7 Å². The Morgan fingerprint density at radius 1 is 0.787 bits per heavy atom. The normalized spacial score (nSPS) is 14.0. The van der Waals surface area contributed by atoms with Gasteiger partial charge < -0.3 is 57.2 Å². The average molecular weight is 667 g/mol. The number of aliphatic carboxylic acids is 1. The Bertz CT molecular complexity index is 1180. The van der Waals surface area contributed by atoms with Crippen molar-refractivity contribution in [2.24, 2.45) is 11.7 Å². The Balaban J connectivity index is 2.96. The van der Waals surface area contributed by atoms with E-state index < -0.39 is 85.5 Å². The molecule has 0 aromatic heterocycles. The van der Waals surface area contributed by atoms with Gasteiger partial charge in [0.15, 0.2) is 0 Å². The molecular weight excluding hydrogens is 620 g/mol. The van der Waals surface area contributed by atoms with Gasteiger partial charge in [-0.25, -0.2) is 4.79 Å². The number of carboxylic acid groups (broad SMARTS) is 1. The Morgan fingerprint density at radius 2 is 1.32 bits per heavy atom. The molecule has 17 nitrogen and oxygen atoms in total. The third-order valence-corrected chi connectivity index (χ3v) is 6.63. The van der Waals surface area contributed by atoms with Crippen LogP contribution in [0.4, 0.5) is 4.79 Å². The number of amides is 5. The number of carbonyl (C=O) groups excluding carboxylic acids is 6. The molecule has 262 valence electrons. The zero-order valence-corrected chi connectivity index (χ0v) is 26.5. The molecule has 0 aliphatic carbocycles. The molecule has 1 aromatic rings. The van der Waals surface area contributed by atoms with Gasteiger partial charge in [0.25, 0.3) is 0 Å². The minimum atomic E-state index is -1.65. The van der Waals surface area contributed by atoms with Crippen molar-refractivity contribution < 1.29 is 53.6 Å². The van der Waals surface area contributed by atoms with Crippen molar-refractivity contribution >= 4 is 42.0 Å². The number of nitrogens with one attached hydrogen (secondary N) is 5. The molecule has 1 rings (SSSR count). The molecule has 0 aliphatic heterocycles. The van der Waals surface area contributed by atoms with Crippen molar-refractivity contribution in [1.29, 1.82) is 0 Å². The summed E-state index contributed by atoms with van der Waals surface area (Å²) in [6, 6.07) is 1.55. The topological polar surface area (TPSA) is 276 Å². The van der Waals surface area contributed by atoms with Crippen molar-refractivity contribution in [2.45, 2.75) is 82.8 Å². The average Bonchev–Trinajstić information content (AvgIpc) is 3.03. The molecule has 10 N–H and O–H groups in total. The van der Waals surface area contributed by atoms with Gasteiger partial charge in [-0.15, -0.1) is 0 Å². The van der Waals surface area contributed by atoms with E-state index in [4.69, 9.17) is 10.5 Å². The molecule has 0 heterocycles. The van der Waals surface area contributed by atoms with Crippen LogP contribution in [0.3, 0.4) is 0 Å². The van der Waals surface area contributed by atoms with E-state index in [9.17, 15) is 48.9 Å². The summed E-state index contributed by atoms with van der Waals surface area (Å²) in [6.07, 6.45) is -0.331. The smallest absolute Gasteiger partial charge is 0.408 e. The molecule has 1 aromatic carbocycles. The number of aliphatic hydroxyl groups is 2. The van der Waals surface area contributed by atoms with E-state index in [-0.39, 0.29) is 31.9 Å². The largest absolute Gasteiger partial charge is 0.481 e. The summed E-state index contributed by atoms with van der Waals surface area (Å²) in [5.74, 6) is -5.34. The second-order valence-corrected chi connectivity index (χ2v) is 11.1. The number of benzene rings is 1. The predicted molar refractivity (Wildman–Crippen MR) is 166 cm³/mol. The van der Waals surface area contributed by atoms with Crippen LogP contribution < -0.4 is 32.3 Å². The third kappa shape index (κ3) is 16.0. The van der Waals surface area contributed by atoms with Gasteiger partial charge in [0.1, 0.15) is 37.1 Å². The van der Waals surface area contributed by atoms with E-state index >= 15 is 0 Å². The number of carbonyl (C=O) groups is 7. The molecule has 17 heteroatoms. The Morgan fingerprint density at radius 3 is 1.85 bits per heavy atom. The molecule has 0 spiro atoms. The maximum absolute atomic E-state index is 13.2. The van der Waals surface area contributed by atoms with Crippen LogP contribution in [-0.4, -0.2) is 107 Å². The Kier molecular flexibility index (Phi) is 18.9. The van der Waals surface area contributed by atoms with Crippen LogP contribution >= 0.6 is 0 Å². The fraction of sp³-hybridized carbons (Fsp3) is 0.567. The van der Waals surface area contributed by atoms with Crippen molar-refractivity contribution in [3.8, 4) is 0 Å². The van der Waals surface area contributed by atoms with E-state index in [0.717, 1.165) is 0 Å². The highest BCUT2D eigenvalue weighted by atomic mass is 16.5. The summed E-state index contributed by atoms with van der Waals surface area (Å²) in [5.41, 5.74) is 6.20. The number of hydrogen-bond acceptors (Lipinski definition) is 11. The van der Waals surface area contributed by atoms with E-state index in [1.807, 2.05) is 13.8 Å². The van der Waals surface area contributed by atoms with Crippen molar-refractivity contribution in [1.82, 2.24) is 26.6 Å². The minimum absolute atomic E-state index is 0.0132. The van der Waals surface area contributed by atoms with Crippen molar-refractivity contribution in [2.75, 3.05) is 19.8 Å². The SMILES string of the molecule is CC(C)C[C@@H](C=O)NC(=O)[C@H](CC(=O)O)NC(=O)[C@H](CCCCN)NC(=O)[C@H](CO)NC(=O)[C@H](CO)NC(=O)OCc1ccccc1. The lowest BCUT2D eigenvalue weighted by molar-refractivity contribution is -0.141. The van der Waals surface area contributed by atoms with Crippen molar-refractivity contribution in [3.63, 3.8) is 0 Å². The first-order valence-corrected chi connectivity index (χ1v) is 15.1. The summed E-state index contributed by atoms with van der Waals surface area (Å²) in [7, 11) is 0. The lowest BCUT2D eigenvalue weighted by atomic mass is 10.0. The standard InChI is InChI=1S/C30H46N6O11/c1-18(2)12-20(14-37)32-27(43)22(13-25(40)41)34-26(42)21(10-6-7-11-31)33-28(44)23(15-38)35-29(45)24(16-39)36-30(46)47-17-19-8-4-3-5-9-19/h3-5,8-9,14,18,20-24,38-39H,6-7,10-13,15-17,31H2,1-2H3,(H,32,43)(H,33,44)(H,34,42)(H,35,45)(H,36,46)(H,40,41)/t20-,21-,22-,23-,24-/m0/s1. The molecular formula is C30H46N6O11. The number of nitrogens with two attached hydrogens (primary N) is 1. The van der Waals surface area contributed by atoms with Gasteiger partial charge in [-0.05, 0) is 43.7 Å². The first-order chi connectivity index (χ1) is 22.3. The number of aliphatic hydroxyl groups excluding tert-OH is 2. The second kappa shape index (κ2) is 22.0. The number of rotatable bonds is 22. The molecule has 0 fully saturated rings. The molecule has 0 unspecified atom stereocenters. The van der Waals surface area contributed by atoms with Crippen LogP contribution in [0.15, 0.2) is 30.3 Å². The Hall–Kier alpha value is -4.61. The van der Waals surface area contributed by atoms with E-state index in [2.05, 4.69) is 26.6 Å². The molecule has 0 saturated heterocycles. The molecule has 0 bridgehead atoms. The van der Waals surface area contributed by atoms with Crippen LogP contribution in [0.2, 0.25) is 0 Å². The van der Waals surface area contributed by atoms with Crippen molar-refractivity contribution in [3.05, 3.63) is 35.9 Å². The van der Waals surface area contributed by atoms with Crippen LogP contribution in [-0.2, 0) is 40.1 Å². The monoisotopic (exact) mass is 666 g/mol. The number of aldehydes is 1. The summed E-state index contributed by atoms with van der Waals surface area (Å²) in [5, 5.41) is 40.2. The molecule has 5 atom stereocenters. The summed E-state index contributed by atoms with van der Waals surface area (Å²) < 4.78 is 5.03.